The maximum Gasteiger partial charge on any atom is 0.343 e. The molecule has 0 aliphatic rings. The van der Waals surface area contributed by atoms with E-state index in [9.17, 15) is 19.7 Å². The molecule has 0 bridgehead atoms. The van der Waals surface area contributed by atoms with E-state index in [1.54, 1.807) is 44.3 Å². The van der Waals surface area contributed by atoms with Crippen LogP contribution >= 0.6 is 0 Å². The number of carbonyl (C=O) groups is 2. The van der Waals surface area contributed by atoms with Gasteiger partial charge >= 0.3 is 11.7 Å². The van der Waals surface area contributed by atoms with Gasteiger partial charge in [-0.25, -0.2) is 14.3 Å². The molecule has 3 heterocycles. The first kappa shape index (κ1) is 22.6. The molecule has 1 unspecified atom stereocenters. The maximum atomic E-state index is 12.9. The van der Waals surface area contributed by atoms with Gasteiger partial charge in [-0.2, -0.15) is 10.2 Å². The number of hydrogen-bond acceptors (Lipinski definition) is 8. The molecule has 1 N–H and O–H groups in total. The summed E-state index contributed by atoms with van der Waals surface area (Å²) in [6.07, 6.45) is 5.71. The standard InChI is InChI=1S/C22H21N7O5/c1-3-18(27-13-16(11-24-27)29(32)33)21(30)26-15-7-5-6-14(10-15)19-8-9-23-20-17(12-25-28(19)20)22(31)34-4-2/h5-13,18H,3-4H2,1-2H3,(H,26,30). The van der Waals surface area contributed by atoms with Crippen LogP contribution in [0.5, 0.6) is 0 Å². The molecule has 1 atom stereocenters. The molecule has 0 aliphatic heterocycles. The van der Waals surface area contributed by atoms with Crippen LogP contribution in [0, 0.1) is 10.1 Å². The third-order valence-corrected chi connectivity index (χ3v) is 5.13. The van der Waals surface area contributed by atoms with Crippen molar-refractivity contribution in [1.29, 1.82) is 0 Å². The number of nitrogens with zero attached hydrogens (tertiary/aromatic N) is 6. The van der Waals surface area contributed by atoms with Crippen LogP contribution in [0.25, 0.3) is 16.9 Å². The van der Waals surface area contributed by atoms with E-state index in [-0.39, 0.29) is 23.8 Å². The minimum Gasteiger partial charge on any atom is -0.462 e. The zero-order valence-corrected chi connectivity index (χ0v) is 18.4. The fourth-order valence-corrected chi connectivity index (χ4v) is 3.53. The Morgan fingerprint density at radius 2 is 2.03 bits per heavy atom. The number of fused-ring (bicyclic) bond motifs is 1. The Balaban J connectivity index is 1.61. The van der Waals surface area contributed by atoms with E-state index >= 15 is 0 Å². The average Bonchev–Trinajstić information content (AvgIpc) is 3.48. The highest BCUT2D eigenvalue weighted by atomic mass is 16.6. The van der Waals surface area contributed by atoms with Gasteiger partial charge in [0.2, 0.25) is 5.91 Å². The Bertz CT molecular complexity index is 1380. The van der Waals surface area contributed by atoms with Crippen molar-refractivity contribution >= 4 is 28.9 Å². The molecule has 0 saturated carbocycles. The van der Waals surface area contributed by atoms with Gasteiger partial charge in [-0.05, 0) is 31.5 Å². The van der Waals surface area contributed by atoms with Crippen molar-refractivity contribution in [1.82, 2.24) is 24.4 Å². The lowest BCUT2D eigenvalue weighted by Crippen LogP contribution is -2.25. The second kappa shape index (κ2) is 9.48. The molecule has 1 amide bonds. The minimum atomic E-state index is -0.719. The number of carbonyl (C=O) groups excluding carboxylic acids is 2. The molecule has 174 valence electrons. The van der Waals surface area contributed by atoms with Gasteiger partial charge in [0.15, 0.2) is 5.65 Å². The predicted molar refractivity (Wildman–Crippen MR) is 121 cm³/mol. The molecule has 4 rings (SSSR count). The third kappa shape index (κ3) is 4.33. The largest absolute Gasteiger partial charge is 0.462 e. The molecule has 0 saturated heterocycles. The second-order valence-electron chi connectivity index (χ2n) is 7.27. The first-order valence-corrected chi connectivity index (χ1v) is 10.5. The van der Waals surface area contributed by atoms with E-state index in [4.69, 9.17) is 4.74 Å². The molecule has 0 spiro atoms. The highest BCUT2D eigenvalue weighted by molar-refractivity contribution is 5.96. The molecule has 0 aliphatic carbocycles. The number of esters is 1. The summed E-state index contributed by atoms with van der Waals surface area (Å²) in [4.78, 5) is 39.7. The highest BCUT2D eigenvalue weighted by Crippen LogP contribution is 2.25. The Hall–Kier alpha value is -4.61. The summed E-state index contributed by atoms with van der Waals surface area (Å²) in [5, 5.41) is 22.0. The lowest BCUT2D eigenvalue weighted by Gasteiger charge is -2.15. The second-order valence-corrected chi connectivity index (χ2v) is 7.27. The third-order valence-electron chi connectivity index (χ3n) is 5.13. The van der Waals surface area contributed by atoms with Crippen LogP contribution in [0.15, 0.2) is 55.1 Å². The zero-order chi connectivity index (χ0) is 24.2. The summed E-state index contributed by atoms with van der Waals surface area (Å²) in [6, 6.07) is 8.12. The van der Waals surface area contributed by atoms with Gasteiger partial charge in [0, 0.05) is 17.4 Å². The monoisotopic (exact) mass is 463 g/mol. The SMILES string of the molecule is CCOC(=O)c1cnn2c(-c3cccc(NC(=O)C(CC)n4cc([N+](=O)[O-])cn4)c3)ccnc12. The van der Waals surface area contributed by atoms with Crippen molar-refractivity contribution in [3.63, 3.8) is 0 Å². The van der Waals surface area contributed by atoms with Crippen LogP contribution in [0.2, 0.25) is 0 Å². The summed E-state index contributed by atoms with van der Waals surface area (Å²) in [7, 11) is 0. The number of nitro groups is 1. The number of benzene rings is 1. The summed E-state index contributed by atoms with van der Waals surface area (Å²) in [5.74, 6) is -0.867. The first-order chi connectivity index (χ1) is 16.4. The molecule has 4 aromatic rings. The van der Waals surface area contributed by atoms with Crippen LogP contribution in [0.1, 0.15) is 36.7 Å². The maximum absolute atomic E-state index is 12.9. The van der Waals surface area contributed by atoms with E-state index in [1.165, 1.54) is 21.6 Å². The Morgan fingerprint density at radius 1 is 1.21 bits per heavy atom. The fourth-order valence-electron chi connectivity index (χ4n) is 3.53. The lowest BCUT2D eigenvalue weighted by atomic mass is 10.1. The highest BCUT2D eigenvalue weighted by Gasteiger charge is 2.22. The summed E-state index contributed by atoms with van der Waals surface area (Å²) < 4.78 is 7.88. The summed E-state index contributed by atoms with van der Waals surface area (Å²) in [6.45, 7) is 3.75. The Kier molecular flexibility index (Phi) is 6.30. The lowest BCUT2D eigenvalue weighted by molar-refractivity contribution is -0.385. The van der Waals surface area contributed by atoms with E-state index in [0.717, 1.165) is 11.8 Å². The van der Waals surface area contributed by atoms with Crippen molar-refractivity contribution in [2.24, 2.45) is 0 Å². The van der Waals surface area contributed by atoms with Crippen LogP contribution < -0.4 is 5.32 Å². The first-order valence-electron chi connectivity index (χ1n) is 10.5. The molecule has 34 heavy (non-hydrogen) atoms. The number of nitrogens with one attached hydrogen (secondary N) is 1. The molecular formula is C22H21N7O5. The minimum absolute atomic E-state index is 0.184. The van der Waals surface area contributed by atoms with Crippen LogP contribution in [0.4, 0.5) is 11.4 Å². The summed E-state index contributed by atoms with van der Waals surface area (Å²) >= 11 is 0. The van der Waals surface area contributed by atoms with Gasteiger partial charge in [0.1, 0.15) is 24.0 Å². The van der Waals surface area contributed by atoms with Gasteiger partial charge < -0.3 is 10.1 Å². The molecule has 1 aromatic carbocycles. The molecule has 0 radical (unpaired) electrons. The predicted octanol–water partition coefficient (Wildman–Crippen LogP) is 3.27. The van der Waals surface area contributed by atoms with Crippen molar-refractivity contribution < 1.29 is 19.2 Å². The van der Waals surface area contributed by atoms with Crippen molar-refractivity contribution in [3.8, 4) is 11.3 Å². The van der Waals surface area contributed by atoms with Gasteiger partial charge in [-0.1, -0.05) is 19.1 Å². The van der Waals surface area contributed by atoms with Crippen LogP contribution in [0.3, 0.4) is 0 Å². The van der Waals surface area contributed by atoms with Crippen LogP contribution in [-0.2, 0) is 9.53 Å². The van der Waals surface area contributed by atoms with Crippen molar-refractivity contribution in [3.05, 3.63) is 70.8 Å². The fraction of sp³-hybridized carbons (Fsp3) is 0.227. The topological polar surface area (TPSA) is 147 Å². The molecule has 0 fully saturated rings. The zero-order valence-electron chi connectivity index (χ0n) is 18.4. The van der Waals surface area contributed by atoms with E-state index < -0.39 is 16.9 Å². The van der Waals surface area contributed by atoms with Gasteiger partial charge in [0.25, 0.3) is 0 Å². The molecule has 3 aromatic heterocycles. The number of ether oxygens (including phenoxy) is 1. The number of rotatable bonds is 8. The Morgan fingerprint density at radius 3 is 2.74 bits per heavy atom. The van der Waals surface area contributed by atoms with E-state index in [2.05, 4.69) is 20.5 Å². The molecular weight excluding hydrogens is 442 g/mol. The van der Waals surface area contributed by atoms with E-state index in [1.807, 2.05) is 6.07 Å². The van der Waals surface area contributed by atoms with Gasteiger partial charge in [-0.15, -0.1) is 0 Å². The summed E-state index contributed by atoms with van der Waals surface area (Å²) in [5.41, 5.74) is 2.34. The Labute approximate surface area is 193 Å². The van der Waals surface area contributed by atoms with Gasteiger partial charge in [-0.3, -0.25) is 19.6 Å². The van der Waals surface area contributed by atoms with Crippen LogP contribution in [-0.4, -0.2) is 47.8 Å². The quantitative estimate of drug-likeness (QED) is 0.238. The normalized spacial score (nSPS) is 11.8. The number of anilines is 1. The average molecular weight is 463 g/mol. The van der Waals surface area contributed by atoms with Crippen molar-refractivity contribution in [2.45, 2.75) is 26.3 Å². The van der Waals surface area contributed by atoms with Crippen molar-refractivity contribution in [2.75, 3.05) is 11.9 Å². The molecule has 12 nitrogen and oxygen atoms in total. The molecule has 12 heteroatoms. The van der Waals surface area contributed by atoms with E-state index in [0.29, 0.717) is 23.4 Å². The van der Waals surface area contributed by atoms with Gasteiger partial charge in [0.05, 0.1) is 23.4 Å². The smallest absolute Gasteiger partial charge is 0.343 e. The number of aromatic nitrogens is 5. The number of hydrogen-bond donors (Lipinski definition) is 1. The number of amides is 1.